The van der Waals surface area contributed by atoms with Crippen LogP contribution in [-0.4, -0.2) is 68.2 Å². The van der Waals surface area contributed by atoms with Gasteiger partial charge in [-0.2, -0.15) is 0 Å². The molecule has 0 bridgehead atoms. The number of fused-ring (bicyclic) bond motifs is 6. The van der Waals surface area contributed by atoms with E-state index in [0.717, 1.165) is 10.6 Å². The number of amides is 1. The Morgan fingerprint density at radius 1 is 1.17 bits per heavy atom. The van der Waals surface area contributed by atoms with Crippen LogP contribution in [0.4, 0.5) is 14.5 Å². The highest BCUT2D eigenvalue weighted by Crippen LogP contribution is 2.49. The highest BCUT2D eigenvalue weighted by atomic mass is 32.2. The monoisotopic (exact) mass is 662 g/mol. The van der Waals surface area contributed by atoms with Gasteiger partial charge in [0.2, 0.25) is 15.9 Å². The van der Waals surface area contributed by atoms with Crippen molar-refractivity contribution in [2.24, 2.45) is 0 Å². The molecule has 2 N–H and O–H groups in total. The van der Waals surface area contributed by atoms with Crippen LogP contribution in [-0.2, 0) is 14.8 Å². The number of carbonyl (C=O) groups is 1. The quantitative estimate of drug-likeness (QED) is 0.286. The average molecular weight is 663 g/mol. The van der Waals surface area contributed by atoms with Gasteiger partial charge in [-0.3, -0.25) is 9.10 Å². The van der Waals surface area contributed by atoms with Crippen LogP contribution in [0.2, 0.25) is 0 Å². The maximum atomic E-state index is 14.9. The molecule has 4 heterocycles. The Hall–Kier alpha value is -4.75. The Morgan fingerprint density at radius 2 is 1.98 bits per heavy atom. The lowest BCUT2D eigenvalue weighted by Crippen LogP contribution is -2.34. The standard InChI is InChI=1S/C34H32F2N4O6S/c1-37-34(42)31-22-15-21(26(39(2)47(3,43)44)17-29(22)46-33(31)18-7-9-19(35)10-8-18)24-11-12-28-32(38-24)27-16-20-23(36)5-4-6-25(20)40(27)30(45-28)13-14-41/h4-9,11-12,15-17,19,30-31,33,41H,10,13-14H2,1-3H3,(H,37,42). The second-order valence-electron chi connectivity index (χ2n) is 11.8. The zero-order chi connectivity index (χ0) is 33.2. The predicted octanol–water partition coefficient (Wildman–Crippen LogP) is 4.99. The maximum Gasteiger partial charge on any atom is 0.232 e. The third kappa shape index (κ3) is 5.13. The minimum atomic E-state index is -3.77. The Balaban J connectivity index is 1.42. The fourth-order valence-electron chi connectivity index (χ4n) is 6.54. The number of sulfonamides is 1. The molecule has 0 saturated heterocycles. The molecule has 2 aromatic heterocycles. The Kier molecular flexibility index (Phi) is 7.55. The van der Waals surface area contributed by atoms with Crippen molar-refractivity contribution >= 4 is 32.5 Å². The molecule has 3 aliphatic rings. The summed E-state index contributed by atoms with van der Waals surface area (Å²) in [4.78, 5) is 18.3. The van der Waals surface area contributed by atoms with Gasteiger partial charge in [0.1, 0.15) is 41.2 Å². The van der Waals surface area contributed by atoms with Crippen molar-refractivity contribution in [1.29, 1.82) is 0 Å². The molecular weight excluding hydrogens is 630 g/mol. The number of hydrogen-bond donors (Lipinski definition) is 2. The summed E-state index contributed by atoms with van der Waals surface area (Å²) in [5.74, 6) is -0.826. The number of carbonyl (C=O) groups excluding carboxylic acids is 1. The topological polar surface area (TPSA) is 123 Å². The lowest BCUT2D eigenvalue weighted by atomic mass is 9.87. The van der Waals surface area contributed by atoms with Crippen LogP contribution in [0.1, 0.15) is 30.6 Å². The lowest BCUT2D eigenvalue weighted by molar-refractivity contribution is -0.123. The predicted molar refractivity (Wildman–Crippen MR) is 173 cm³/mol. The van der Waals surface area contributed by atoms with E-state index in [-0.39, 0.29) is 31.0 Å². The van der Waals surface area contributed by atoms with E-state index in [2.05, 4.69) is 5.32 Å². The van der Waals surface area contributed by atoms with Crippen molar-refractivity contribution in [3.63, 3.8) is 0 Å². The number of benzene rings is 2. The first-order valence-electron chi connectivity index (χ1n) is 15.1. The van der Waals surface area contributed by atoms with Crippen LogP contribution < -0.4 is 19.1 Å². The van der Waals surface area contributed by atoms with E-state index in [1.165, 1.54) is 26.2 Å². The molecule has 10 nitrogen and oxygen atoms in total. The maximum absolute atomic E-state index is 14.9. The number of aliphatic hydroxyl groups is 1. The molecule has 4 aromatic rings. The van der Waals surface area contributed by atoms with Gasteiger partial charge in [-0.15, -0.1) is 0 Å². The van der Waals surface area contributed by atoms with E-state index in [1.54, 1.807) is 59.2 Å². The van der Waals surface area contributed by atoms with E-state index in [1.807, 2.05) is 0 Å². The van der Waals surface area contributed by atoms with Crippen LogP contribution in [0.3, 0.4) is 0 Å². The van der Waals surface area contributed by atoms with Gasteiger partial charge in [-0.25, -0.2) is 22.2 Å². The van der Waals surface area contributed by atoms with E-state index < -0.39 is 40.3 Å². The number of aromatic nitrogens is 2. The summed E-state index contributed by atoms with van der Waals surface area (Å²) in [6.07, 6.45) is 3.72. The minimum Gasteiger partial charge on any atom is -0.484 e. The number of allylic oxidation sites excluding steroid dienone is 2. The molecule has 7 rings (SSSR count). The number of likely N-dealkylation sites (N-methyl/N-ethyl adjacent to an activating group) is 1. The molecule has 0 spiro atoms. The summed E-state index contributed by atoms with van der Waals surface area (Å²) in [5, 5.41) is 12.8. The second-order valence-corrected chi connectivity index (χ2v) is 13.8. The first-order valence-corrected chi connectivity index (χ1v) is 17.0. The highest BCUT2D eigenvalue weighted by molar-refractivity contribution is 7.92. The number of halogens is 2. The number of pyridine rings is 1. The number of alkyl halides is 1. The molecule has 1 aliphatic carbocycles. The fourth-order valence-corrected chi connectivity index (χ4v) is 7.05. The summed E-state index contributed by atoms with van der Waals surface area (Å²) in [6.45, 7) is -0.160. The number of nitrogens with one attached hydrogen (secondary N) is 1. The summed E-state index contributed by atoms with van der Waals surface area (Å²) in [6, 6.07) is 13.1. The van der Waals surface area contributed by atoms with Gasteiger partial charge in [0.05, 0.1) is 28.8 Å². The number of rotatable bonds is 7. The molecule has 47 heavy (non-hydrogen) atoms. The number of ether oxygens (including phenoxy) is 2. The SMILES string of the molecule is CNC(=O)C1c2cc(-c3ccc4c(n3)-c3cc5c(F)cccc5n3C(CCO)O4)c(N(C)S(C)(=O)=O)cc2OC1C1=CCC(F)C=C1. The Bertz CT molecular complexity index is 2110. The fraction of sp³-hybridized carbons (Fsp3) is 0.294. The molecule has 2 aliphatic heterocycles. The number of anilines is 1. The second kappa shape index (κ2) is 11.5. The van der Waals surface area contributed by atoms with Gasteiger partial charge in [-0.1, -0.05) is 18.2 Å². The van der Waals surface area contributed by atoms with Crippen LogP contribution >= 0.6 is 0 Å². The Morgan fingerprint density at radius 3 is 2.68 bits per heavy atom. The number of nitrogens with zero attached hydrogens (tertiary/aromatic N) is 3. The first kappa shape index (κ1) is 30.9. The van der Waals surface area contributed by atoms with Crippen molar-refractivity contribution in [3.8, 4) is 34.1 Å². The Labute approximate surface area is 270 Å². The number of aliphatic hydroxyl groups excluding tert-OH is 1. The summed E-state index contributed by atoms with van der Waals surface area (Å²) in [7, 11) is -0.835. The van der Waals surface area contributed by atoms with Crippen molar-refractivity contribution < 1.29 is 36.6 Å². The van der Waals surface area contributed by atoms with Gasteiger partial charge in [0.25, 0.3) is 0 Å². The highest BCUT2D eigenvalue weighted by Gasteiger charge is 2.42. The van der Waals surface area contributed by atoms with E-state index in [4.69, 9.17) is 14.5 Å². The molecular formula is C34H32F2N4O6S. The molecule has 0 radical (unpaired) electrons. The summed E-state index contributed by atoms with van der Waals surface area (Å²) >= 11 is 0. The van der Waals surface area contributed by atoms with Gasteiger partial charge in [0.15, 0.2) is 6.23 Å². The third-order valence-electron chi connectivity index (χ3n) is 8.92. The van der Waals surface area contributed by atoms with Gasteiger partial charge in [-0.05, 0) is 48.0 Å². The van der Waals surface area contributed by atoms with Crippen molar-refractivity contribution in [2.45, 2.75) is 37.3 Å². The van der Waals surface area contributed by atoms with Gasteiger partial charge in [0, 0.05) is 56.1 Å². The number of hydrogen-bond acceptors (Lipinski definition) is 7. The molecule has 1 amide bonds. The largest absolute Gasteiger partial charge is 0.484 e. The van der Waals surface area contributed by atoms with E-state index in [0.29, 0.717) is 56.2 Å². The van der Waals surface area contributed by atoms with Crippen molar-refractivity contribution in [3.05, 3.63) is 83.7 Å². The van der Waals surface area contributed by atoms with Crippen LogP contribution in [0.25, 0.3) is 33.5 Å². The lowest BCUT2D eigenvalue weighted by Gasteiger charge is -2.29. The van der Waals surface area contributed by atoms with Crippen LogP contribution in [0, 0.1) is 5.82 Å². The third-order valence-corrected chi connectivity index (χ3v) is 10.1. The van der Waals surface area contributed by atoms with Crippen molar-refractivity contribution in [2.75, 3.05) is 31.3 Å². The van der Waals surface area contributed by atoms with Crippen LogP contribution in [0.5, 0.6) is 11.5 Å². The summed E-state index contributed by atoms with van der Waals surface area (Å²) < 4.78 is 70.1. The van der Waals surface area contributed by atoms with Gasteiger partial charge >= 0.3 is 0 Å². The van der Waals surface area contributed by atoms with E-state index >= 15 is 0 Å². The van der Waals surface area contributed by atoms with E-state index in [9.17, 15) is 27.1 Å². The molecule has 4 unspecified atom stereocenters. The zero-order valence-electron chi connectivity index (χ0n) is 25.8. The molecule has 0 saturated carbocycles. The average Bonchev–Trinajstić information content (AvgIpc) is 3.63. The molecule has 13 heteroatoms. The van der Waals surface area contributed by atoms with Crippen LogP contribution in [0.15, 0.2) is 72.3 Å². The smallest absolute Gasteiger partial charge is 0.232 e. The normalized spacial score (nSPS) is 21.3. The first-order chi connectivity index (χ1) is 22.5. The minimum absolute atomic E-state index is 0.150. The summed E-state index contributed by atoms with van der Waals surface area (Å²) in [5.41, 5.74) is 3.74. The molecule has 244 valence electrons. The zero-order valence-corrected chi connectivity index (χ0v) is 26.6. The molecule has 2 aromatic carbocycles. The molecule has 0 fully saturated rings. The molecule has 4 atom stereocenters. The van der Waals surface area contributed by atoms with Crippen molar-refractivity contribution in [1.82, 2.24) is 14.9 Å². The van der Waals surface area contributed by atoms with Gasteiger partial charge < -0.3 is 24.5 Å².